The molecule has 1 unspecified atom stereocenters. The van der Waals surface area contributed by atoms with Crippen molar-refractivity contribution < 1.29 is 19.4 Å². The van der Waals surface area contributed by atoms with Crippen molar-refractivity contribution in [1.82, 2.24) is 4.90 Å². The molecule has 1 heterocycles. The lowest BCUT2D eigenvalue weighted by molar-refractivity contribution is -0.108. The van der Waals surface area contributed by atoms with Gasteiger partial charge in [0.25, 0.3) is 0 Å². The van der Waals surface area contributed by atoms with Crippen LogP contribution in [0.25, 0.3) is 0 Å². The maximum Gasteiger partial charge on any atom is 0.407 e. The van der Waals surface area contributed by atoms with Crippen LogP contribution in [0.3, 0.4) is 0 Å². The molecular weight excluding hydrogens is 198 g/mol. The molecule has 1 amide bonds. The molecule has 0 aliphatic carbocycles. The molecular formula is C10H17NO4. The van der Waals surface area contributed by atoms with Gasteiger partial charge < -0.3 is 19.5 Å². The van der Waals surface area contributed by atoms with Crippen LogP contribution in [0.2, 0.25) is 0 Å². The van der Waals surface area contributed by atoms with Gasteiger partial charge in [0.05, 0.1) is 12.6 Å². The van der Waals surface area contributed by atoms with Gasteiger partial charge in [0.1, 0.15) is 6.29 Å². The number of hydrogen-bond donors (Lipinski definition) is 1. The van der Waals surface area contributed by atoms with Gasteiger partial charge in [-0.05, 0) is 19.3 Å². The normalized spacial score (nSPS) is 20.5. The van der Waals surface area contributed by atoms with Crippen LogP contribution < -0.4 is 0 Å². The highest BCUT2D eigenvalue weighted by Gasteiger charge is 2.25. The van der Waals surface area contributed by atoms with Crippen LogP contribution in [-0.2, 0) is 9.53 Å². The summed E-state index contributed by atoms with van der Waals surface area (Å²) >= 11 is 0. The molecule has 5 nitrogen and oxygen atoms in total. The Morgan fingerprint density at radius 1 is 1.53 bits per heavy atom. The standard InChI is InChI=1S/C10H17NO4/c12-6-2-1-3-7-15-9-4-5-11(8-9)10(13)14/h6,9H,1-5,7-8H2,(H,13,14). The van der Waals surface area contributed by atoms with E-state index >= 15 is 0 Å². The molecule has 1 aliphatic rings. The van der Waals surface area contributed by atoms with Crippen LogP contribution in [0.1, 0.15) is 25.7 Å². The van der Waals surface area contributed by atoms with Crippen molar-refractivity contribution >= 4 is 12.4 Å². The third-order valence-electron chi connectivity index (χ3n) is 2.49. The number of hydrogen-bond acceptors (Lipinski definition) is 3. The Balaban J connectivity index is 2.03. The Hall–Kier alpha value is -1.10. The molecule has 1 rings (SSSR count). The number of unbranched alkanes of at least 4 members (excludes halogenated alkanes) is 2. The van der Waals surface area contributed by atoms with Gasteiger partial charge in [-0.25, -0.2) is 4.79 Å². The van der Waals surface area contributed by atoms with Crippen LogP contribution >= 0.6 is 0 Å². The van der Waals surface area contributed by atoms with E-state index in [2.05, 4.69) is 0 Å². The second-order valence-electron chi connectivity index (χ2n) is 3.67. The van der Waals surface area contributed by atoms with E-state index in [1.54, 1.807) is 0 Å². The first kappa shape index (κ1) is 12.0. The highest BCUT2D eigenvalue weighted by atomic mass is 16.5. The second-order valence-corrected chi connectivity index (χ2v) is 3.67. The summed E-state index contributed by atoms with van der Waals surface area (Å²) in [6, 6.07) is 0. The quantitative estimate of drug-likeness (QED) is 0.532. The van der Waals surface area contributed by atoms with Crippen molar-refractivity contribution in [2.24, 2.45) is 0 Å². The Morgan fingerprint density at radius 2 is 2.33 bits per heavy atom. The van der Waals surface area contributed by atoms with Crippen molar-refractivity contribution in [1.29, 1.82) is 0 Å². The van der Waals surface area contributed by atoms with E-state index in [4.69, 9.17) is 9.84 Å². The summed E-state index contributed by atoms with van der Waals surface area (Å²) in [5, 5.41) is 8.70. The number of carbonyl (C=O) groups excluding carboxylic acids is 1. The summed E-state index contributed by atoms with van der Waals surface area (Å²) in [5.74, 6) is 0. The largest absolute Gasteiger partial charge is 0.465 e. The molecule has 1 fully saturated rings. The molecule has 0 saturated carbocycles. The topological polar surface area (TPSA) is 66.8 Å². The van der Waals surface area contributed by atoms with E-state index < -0.39 is 6.09 Å². The van der Waals surface area contributed by atoms with Gasteiger partial charge in [-0.2, -0.15) is 0 Å². The van der Waals surface area contributed by atoms with Crippen LogP contribution in [0.5, 0.6) is 0 Å². The molecule has 0 radical (unpaired) electrons. The van der Waals surface area contributed by atoms with Crippen LogP contribution in [0.15, 0.2) is 0 Å². The maximum atomic E-state index is 10.6. The Labute approximate surface area is 89.0 Å². The zero-order valence-electron chi connectivity index (χ0n) is 8.72. The third-order valence-corrected chi connectivity index (χ3v) is 2.49. The van der Waals surface area contributed by atoms with Gasteiger partial charge in [-0.1, -0.05) is 0 Å². The molecule has 0 bridgehead atoms. The molecule has 1 atom stereocenters. The molecule has 0 aromatic rings. The van der Waals surface area contributed by atoms with Gasteiger partial charge in [-0.3, -0.25) is 0 Å². The van der Waals surface area contributed by atoms with Crippen molar-refractivity contribution in [3.63, 3.8) is 0 Å². The number of aldehydes is 1. The summed E-state index contributed by atoms with van der Waals surface area (Å²) in [7, 11) is 0. The maximum absolute atomic E-state index is 10.6. The van der Waals surface area contributed by atoms with Crippen molar-refractivity contribution in [3.8, 4) is 0 Å². The van der Waals surface area contributed by atoms with E-state index in [1.807, 2.05) is 0 Å². The fourth-order valence-electron chi connectivity index (χ4n) is 1.62. The Morgan fingerprint density at radius 3 is 2.93 bits per heavy atom. The smallest absolute Gasteiger partial charge is 0.407 e. The Kier molecular flexibility index (Phi) is 5.10. The number of ether oxygens (including phenoxy) is 1. The highest BCUT2D eigenvalue weighted by molar-refractivity contribution is 5.65. The summed E-state index contributed by atoms with van der Waals surface area (Å²) in [5.41, 5.74) is 0. The van der Waals surface area contributed by atoms with Crippen molar-refractivity contribution in [2.75, 3.05) is 19.7 Å². The molecule has 0 spiro atoms. The van der Waals surface area contributed by atoms with E-state index in [-0.39, 0.29) is 6.10 Å². The summed E-state index contributed by atoms with van der Waals surface area (Å²) in [6.45, 7) is 1.66. The predicted molar refractivity (Wildman–Crippen MR) is 53.9 cm³/mol. The lowest BCUT2D eigenvalue weighted by Gasteiger charge is -2.12. The zero-order valence-corrected chi connectivity index (χ0v) is 8.72. The number of amides is 1. The number of carbonyl (C=O) groups is 2. The average molecular weight is 215 g/mol. The molecule has 1 saturated heterocycles. The Bertz CT molecular complexity index is 219. The number of nitrogens with zero attached hydrogens (tertiary/aromatic N) is 1. The summed E-state index contributed by atoms with van der Waals surface area (Å²) < 4.78 is 5.51. The second kappa shape index (κ2) is 6.40. The van der Waals surface area contributed by atoms with E-state index in [9.17, 15) is 9.59 Å². The van der Waals surface area contributed by atoms with Crippen LogP contribution in [0, 0.1) is 0 Å². The van der Waals surface area contributed by atoms with Gasteiger partial charge in [0.15, 0.2) is 0 Å². The first-order valence-corrected chi connectivity index (χ1v) is 5.27. The lowest BCUT2D eigenvalue weighted by atomic mass is 10.2. The predicted octanol–water partition coefficient (Wildman–Crippen LogP) is 1.12. The van der Waals surface area contributed by atoms with Crippen molar-refractivity contribution in [2.45, 2.75) is 31.8 Å². The first-order valence-electron chi connectivity index (χ1n) is 5.27. The number of likely N-dealkylation sites (tertiary alicyclic amines) is 1. The SMILES string of the molecule is O=CCCCCOC1CCN(C(=O)O)C1. The fraction of sp³-hybridized carbons (Fsp3) is 0.800. The number of carboxylic acid groups (broad SMARTS) is 1. The highest BCUT2D eigenvalue weighted by Crippen LogP contribution is 2.13. The van der Waals surface area contributed by atoms with E-state index in [0.29, 0.717) is 26.1 Å². The fourth-order valence-corrected chi connectivity index (χ4v) is 1.62. The summed E-state index contributed by atoms with van der Waals surface area (Å²) in [6.07, 6.45) is 3.14. The molecule has 5 heteroatoms. The monoisotopic (exact) mass is 215 g/mol. The molecule has 1 aliphatic heterocycles. The van der Waals surface area contributed by atoms with Crippen LogP contribution in [0.4, 0.5) is 4.79 Å². The van der Waals surface area contributed by atoms with Gasteiger partial charge in [0.2, 0.25) is 0 Å². The molecule has 1 N–H and O–H groups in total. The summed E-state index contributed by atoms with van der Waals surface area (Å²) in [4.78, 5) is 22.0. The third kappa shape index (κ3) is 4.29. The molecule has 86 valence electrons. The number of rotatable bonds is 6. The lowest BCUT2D eigenvalue weighted by Crippen LogP contribution is -2.28. The average Bonchev–Trinajstić information content (AvgIpc) is 2.66. The molecule has 15 heavy (non-hydrogen) atoms. The first-order chi connectivity index (χ1) is 7.24. The molecule has 0 aromatic heterocycles. The zero-order chi connectivity index (χ0) is 11.1. The van der Waals surface area contributed by atoms with Gasteiger partial charge in [-0.15, -0.1) is 0 Å². The van der Waals surface area contributed by atoms with Crippen molar-refractivity contribution in [3.05, 3.63) is 0 Å². The van der Waals surface area contributed by atoms with E-state index in [0.717, 1.165) is 25.5 Å². The van der Waals surface area contributed by atoms with E-state index in [1.165, 1.54) is 4.90 Å². The minimum atomic E-state index is -0.873. The minimum Gasteiger partial charge on any atom is -0.465 e. The molecule has 0 aromatic carbocycles. The minimum absolute atomic E-state index is 0.0392. The van der Waals surface area contributed by atoms with Gasteiger partial charge in [0, 0.05) is 19.6 Å². The van der Waals surface area contributed by atoms with Gasteiger partial charge >= 0.3 is 6.09 Å². The van der Waals surface area contributed by atoms with Crippen LogP contribution in [-0.4, -0.2) is 48.2 Å².